The van der Waals surface area contributed by atoms with Crippen molar-refractivity contribution >= 4 is 15.7 Å². The highest BCUT2D eigenvalue weighted by Crippen LogP contribution is 2.32. The van der Waals surface area contributed by atoms with Gasteiger partial charge in [0.05, 0.1) is 18.1 Å². The van der Waals surface area contributed by atoms with Crippen LogP contribution in [0.3, 0.4) is 0 Å². The third kappa shape index (κ3) is 4.25. The molecule has 3 rings (SSSR count). The van der Waals surface area contributed by atoms with Crippen LogP contribution in [0.2, 0.25) is 0 Å². The summed E-state index contributed by atoms with van der Waals surface area (Å²) in [6.45, 7) is 9.00. The maximum atomic E-state index is 13.1. The Morgan fingerprint density at radius 1 is 0.893 bits per heavy atom. The summed E-state index contributed by atoms with van der Waals surface area (Å²) in [7, 11) is -3.58. The van der Waals surface area contributed by atoms with Gasteiger partial charge in [0.1, 0.15) is 0 Å². The molecule has 0 aliphatic carbocycles. The van der Waals surface area contributed by atoms with Gasteiger partial charge in [0.15, 0.2) is 11.5 Å². The lowest BCUT2D eigenvalue weighted by Gasteiger charge is -2.36. The van der Waals surface area contributed by atoms with Crippen molar-refractivity contribution in [2.75, 3.05) is 44.3 Å². The molecular weight excluding hydrogens is 376 g/mol. The van der Waals surface area contributed by atoms with Gasteiger partial charge < -0.3 is 14.4 Å². The zero-order chi connectivity index (χ0) is 20.1. The predicted molar refractivity (Wildman–Crippen MR) is 111 cm³/mol. The van der Waals surface area contributed by atoms with Crippen LogP contribution in [0.15, 0.2) is 47.4 Å². The number of rotatable bonds is 7. The summed E-state index contributed by atoms with van der Waals surface area (Å²) in [6, 6.07) is 13.0. The van der Waals surface area contributed by atoms with E-state index >= 15 is 0 Å². The predicted octanol–water partition coefficient (Wildman–Crippen LogP) is 3.30. The number of anilines is 1. The fraction of sp³-hybridized carbons (Fsp3) is 0.429. The second-order valence-corrected chi connectivity index (χ2v) is 8.59. The SMILES string of the molecule is CCOc1ccc(S(=O)(=O)N2CCN(c3ccccc3C)CC2)cc1OCC. The Morgan fingerprint density at radius 2 is 1.54 bits per heavy atom. The van der Waals surface area contributed by atoms with Crippen molar-refractivity contribution in [2.24, 2.45) is 0 Å². The molecule has 0 unspecified atom stereocenters. The van der Waals surface area contributed by atoms with Crippen LogP contribution in [-0.4, -0.2) is 52.1 Å². The second-order valence-electron chi connectivity index (χ2n) is 6.65. The summed E-state index contributed by atoms with van der Waals surface area (Å²) in [6.07, 6.45) is 0. The fourth-order valence-corrected chi connectivity index (χ4v) is 4.87. The summed E-state index contributed by atoms with van der Waals surface area (Å²) in [5.74, 6) is 1.02. The van der Waals surface area contributed by atoms with E-state index in [-0.39, 0.29) is 4.90 Å². The third-order valence-corrected chi connectivity index (χ3v) is 6.74. The van der Waals surface area contributed by atoms with Crippen LogP contribution >= 0.6 is 0 Å². The molecule has 0 N–H and O–H groups in total. The molecule has 0 spiro atoms. The van der Waals surface area contributed by atoms with Gasteiger partial charge in [-0.25, -0.2) is 8.42 Å². The summed E-state index contributed by atoms with van der Waals surface area (Å²) in [5.41, 5.74) is 2.37. The van der Waals surface area contributed by atoms with E-state index in [1.807, 2.05) is 26.0 Å². The number of ether oxygens (including phenoxy) is 2. The first-order chi connectivity index (χ1) is 13.5. The van der Waals surface area contributed by atoms with Crippen molar-refractivity contribution in [3.8, 4) is 11.5 Å². The molecule has 7 heteroatoms. The Labute approximate surface area is 167 Å². The van der Waals surface area contributed by atoms with E-state index in [1.165, 1.54) is 11.3 Å². The standard InChI is InChI=1S/C21H28N2O4S/c1-4-26-20-11-10-18(16-21(20)27-5-2)28(24,25)23-14-12-22(13-15-23)19-9-7-6-8-17(19)3/h6-11,16H,4-5,12-15H2,1-3H3. The molecule has 0 bridgehead atoms. The first-order valence-electron chi connectivity index (χ1n) is 9.67. The van der Waals surface area contributed by atoms with Crippen LogP contribution in [0.4, 0.5) is 5.69 Å². The summed E-state index contributed by atoms with van der Waals surface area (Å²) in [5, 5.41) is 0. The molecule has 0 saturated carbocycles. The van der Waals surface area contributed by atoms with Crippen molar-refractivity contribution < 1.29 is 17.9 Å². The Morgan fingerprint density at radius 3 is 2.18 bits per heavy atom. The highest BCUT2D eigenvalue weighted by molar-refractivity contribution is 7.89. The van der Waals surface area contributed by atoms with Gasteiger partial charge in [-0.05, 0) is 44.5 Å². The average Bonchev–Trinajstić information content (AvgIpc) is 2.70. The lowest BCUT2D eigenvalue weighted by Crippen LogP contribution is -2.48. The van der Waals surface area contributed by atoms with E-state index < -0.39 is 10.0 Å². The molecule has 152 valence electrons. The minimum Gasteiger partial charge on any atom is -0.490 e. The van der Waals surface area contributed by atoms with E-state index in [1.54, 1.807) is 22.5 Å². The number of para-hydroxylation sites is 1. The molecule has 1 aliphatic rings. The fourth-order valence-electron chi connectivity index (χ4n) is 3.43. The highest BCUT2D eigenvalue weighted by atomic mass is 32.2. The van der Waals surface area contributed by atoms with E-state index in [0.717, 1.165) is 0 Å². The number of aryl methyl sites for hydroxylation is 1. The maximum absolute atomic E-state index is 13.1. The van der Waals surface area contributed by atoms with Crippen LogP contribution in [0.25, 0.3) is 0 Å². The number of sulfonamides is 1. The molecule has 2 aromatic rings. The molecule has 1 aliphatic heterocycles. The second kappa shape index (κ2) is 8.84. The van der Waals surface area contributed by atoms with Crippen LogP contribution < -0.4 is 14.4 Å². The number of benzene rings is 2. The molecule has 0 atom stereocenters. The van der Waals surface area contributed by atoms with Crippen LogP contribution in [0.1, 0.15) is 19.4 Å². The van der Waals surface area contributed by atoms with E-state index in [9.17, 15) is 8.42 Å². The Balaban J connectivity index is 1.77. The lowest BCUT2D eigenvalue weighted by atomic mass is 10.1. The Hall–Kier alpha value is -2.25. The van der Waals surface area contributed by atoms with E-state index in [4.69, 9.17) is 9.47 Å². The van der Waals surface area contributed by atoms with Gasteiger partial charge in [-0.15, -0.1) is 0 Å². The van der Waals surface area contributed by atoms with Gasteiger partial charge in [-0.1, -0.05) is 18.2 Å². The van der Waals surface area contributed by atoms with Crippen molar-refractivity contribution in [1.29, 1.82) is 0 Å². The molecule has 1 saturated heterocycles. The molecule has 2 aromatic carbocycles. The van der Waals surface area contributed by atoms with Crippen molar-refractivity contribution in [1.82, 2.24) is 4.31 Å². The molecule has 0 radical (unpaired) electrons. The van der Waals surface area contributed by atoms with Gasteiger partial charge in [0.25, 0.3) is 0 Å². The molecule has 0 amide bonds. The van der Waals surface area contributed by atoms with Crippen LogP contribution in [0, 0.1) is 6.92 Å². The van der Waals surface area contributed by atoms with Gasteiger partial charge in [0.2, 0.25) is 10.0 Å². The molecule has 1 heterocycles. The quantitative estimate of drug-likeness (QED) is 0.709. The number of nitrogens with zero attached hydrogens (tertiary/aromatic N) is 2. The Bertz CT molecular complexity index is 906. The van der Waals surface area contributed by atoms with Gasteiger partial charge in [0, 0.05) is 37.9 Å². The zero-order valence-corrected chi connectivity index (χ0v) is 17.5. The minimum absolute atomic E-state index is 0.240. The molecular formula is C21H28N2O4S. The minimum atomic E-state index is -3.58. The van der Waals surface area contributed by atoms with Gasteiger partial charge >= 0.3 is 0 Å². The molecule has 1 fully saturated rings. The summed E-state index contributed by atoms with van der Waals surface area (Å²) < 4.78 is 38.9. The maximum Gasteiger partial charge on any atom is 0.243 e. The molecule has 28 heavy (non-hydrogen) atoms. The zero-order valence-electron chi connectivity index (χ0n) is 16.7. The van der Waals surface area contributed by atoms with Crippen molar-refractivity contribution in [2.45, 2.75) is 25.7 Å². The monoisotopic (exact) mass is 404 g/mol. The smallest absolute Gasteiger partial charge is 0.243 e. The first-order valence-corrected chi connectivity index (χ1v) is 11.1. The van der Waals surface area contributed by atoms with Crippen LogP contribution in [0.5, 0.6) is 11.5 Å². The molecule has 0 aromatic heterocycles. The summed E-state index contributed by atoms with van der Waals surface area (Å²) in [4.78, 5) is 2.48. The first kappa shape index (κ1) is 20.5. The van der Waals surface area contributed by atoms with Crippen molar-refractivity contribution in [3.05, 3.63) is 48.0 Å². The number of piperazine rings is 1. The van der Waals surface area contributed by atoms with Crippen LogP contribution in [-0.2, 0) is 10.0 Å². The third-order valence-electron chi connectivity index (χ3n) is 4.85. The van der Waals surface area contributed by atoms with Crippen molar-refractivity contribution in [3.63, 3.8) is 0 Å². The highest BCUT2D eigenvalue weighted by Gasteiger charge is 2.29. The number of hydrogen-bond acceptors (Lipinski definition) is 5. The average molecular weight is 405 g/mol. The topological polar surface area (TPSA) is 59.1 Å². The van der Waals surface area contributed by atoms with E-state index in [0.29, 0.717) is 50.9 Å². The Kier molecular flexibility index (Phi) is 6.46. The van der Waals surface area contributed by atoms with Gasteiger partial charge in [-0.3, -0.25) is 0 Å². The summed E-state index contributed by atoms with van der Waals surface area (Å²) >= 11 is 0. The largest absolute Gasteiger partial charge is 0.490 e. The van der Waals surface area contributed by atoms with E-state index in [2.05, 4.69) is 24.0 Å². The normalized spacial score (nSPS) is 15.5. The number of hydrogen-bond donors (Lipinski definition) is 0. The van der Waals surface area contributed by atoms with Gasteiger partial charge in [-0.2, -0.15) is 4.31 Å². The molecule has 6 nitrogen and oxygen atoms in total. The lowest BCUT2D eigenvalue weighted by molar-refractivity contribution is 0.287.